The van der Waals surface area contributed by atoms with Crippen molar-refractivity contribution in [3.05, 3.63) is 0 Å². The molecule has 0 N–H and O–H groups in total. The van der Waals surface area contributed by atoms with Crippen molar-refractivity contribution in [3.63, 3.8) is 0 Å². The normalized spacial score (nSPS) is 11.6. The molecule has 0 aliphatic rings. The van der Waals surface area contributed by atoms with Gasteiger partial charge in [0.2, 0.25) is 10.0 Å². The molecule has 0 aliphatic heterocycles. The number of rotatable bonds is 7. The third kappa shape index (κ3) is 4.58. The smallest absolute Gasteiger partial charge is 0.212 e. The van der Waals surface area contributed by atoms with Gasteiger partial charge < -0.3 is 0 Å². The molecule has 0 amide bonds. The summed E-state index contributed by atoms with van der Waals surface area (Å²) >= 11 is 0. The molecule has 4 nitrogen and oxygen atoms in total. The van der Waals surface area contributed by atoms with E-state index in [-0.39, 0.29) is 12.2 Å². The van der Waals surface area contributed by atoms with Crippen molar-refractivity contribution in [1.29, 1.82) is 5.26 Å². The van der Waals surface area contributed by atoms with Crippen molar-refractivity contribution in [2.75, 3.05) is 18.8 Å². The maximum Gasteiger partial charge on any atom is 0.214 e. The third-order valence-electron chi connectivity index (χ3n) is 1.97. The van der Waals surface area contributed by atoms with Gasteiger partial charge >= 0.3 is 0 Å². The van der Waals surface area contributed by atoms with Crippen molar-refractivity contribution in [2.24, 2.45) is 0 Å². The Labute approximate surface area is 86.6 Å². The number of sulfonamides is 1. The summed E-state index contributed by atoms with van der Waals surface area (Å²) in [5.41, 5.74) is 0. The van der Waals surface area contributed by atoms with E-state index in [1.54, 1.807) is 6.92 Å². The molecule has 0 aromatic heterocycles. The Morgan fingerprint density at radius 1 is 1.36 bits per heavy atom. The minimum atomic E-state index is -3.12. The van der Waals surface area contributed by atoms with Gasteiger partial charge in [-0.25, -0.2) is 12.7 Å². The maximum absolute atomic E-state index is 11.6. The monoisotopic (exact) mass is 218 g/mol. The van der Waals surface area contributed by atoms with Crippen molar-refractivity contribution in [3.8, 4) is 6.07 Å². The number of hydrogen-bond donors (Lipinski definition) is 0. The second-order valence-electron chi connectivity index (χ2n) is 3.07. The van der Waals surface area contributed by atoms with Crippen LogP contribution in [-0.2, 0) is 10.0 Å². The highest BCUT2D eigenvalue weighted by Gasteiger charge is 2.18. The Kier molecular flexibility index (Phi) is 6.50. The van der Waals surface area contributed by atoms with Crippen LogP contribution in [0.3, 0.4) is 0 Å². The van der Waals surface area contributed by atoms with Crippen LogP contribution in [0.2, 0.25) is 0 Å². The van der Waals surface area contributed by atoms with Crippen LogP contribution >= 0.6 is 0 Å². The summed E-state index contributed by atoms with van der Waals surface area (Å²) in [6, 6.07) is 1.95. The standard InChI is InChI=1S/C9H18N2O2S/c1-3-5-9-14(12,13)11(4-2)8-6-7-10/h3-6,8-9H2,1-2H3. The van der Waals surface area contributed by atoms with E-state index >= 15 is 0 Å². The number of nitriles is 1. The molecule has 0 saturated heterocycles. The van der Waals surface area contributed by atoms with Gasteiger partial charge in [-0.2, -0.15) is 5.26 Å². The van der Waals surface area contributed by atoms with E-state index in [1.165, 1.54) is 4.31 Å². The highest BCUT2D eigenvalue weighted by atomic mass is 32.2. The molecule has 0 unspecified atom stereocenters. The van der Waals surface area contributed by atoms with E-state index in [4.69, 9.17) is 5.26 Å². The second kappa shape index (κ2) is 6.80. The van der Waals surface area contributed by atoms with Crippen molar-refractivity contribution in [1.82, 2.24) is 4.31 Å². The second-order valence-corrected chi connectivity index (χ2v) is 5.16. The molecule has 5 heteroatoms. The van der Waals surface area contributed by atoms with E-state index in [1.807, 2.05) is 13.0 Å². The largest absolute Gasteiger partial charge is 0.214 e. The van der Waals surface area contributed by atoms with Gasteiger partial charge in [-0.1, -0.05) is 20.3 Å². The summed E-state index contributed by atoms with van der Waals surface area (Å²) in [6.45, 7) is 4.52. The molecule has 0 rings (SSSR count). The van der Waals surface area contributed by atoms with Crippen LogP contribution in [0.1, 0.15) is 33.1 Å². The summed E-state index contributed by atoms with van der Waals surface area (Å²) in [5, 5.41) is 8.38. The third-order valence-corrected chi connectivity index (χ3v) is 4.01. The maximum atomic E-state index is 11.6. The lowest BCUT2D eigenvalue weighted by molar-refractivity contribution is 0.433. The summed E-state index contributed by atoms with van der Waals surface area (Å²) in [4.78, 5) is 0. The zero-order valence-corrected chi connectivity index (χ0v) is 9.68. The first kappa shape index (κ1) is 13.4. The van der Waals surface area contributed by atoms with E-state index < -0.39 is 10.0 Å². The van der Waals surface area contributed by atoms with Gasteiger partial charge in [-0.15, -0.1) is 0 Å². The van der Waals surface area contributed by atoms with E-state index in [9.17, 15) is 8.42 Å². The predicted molar refractivity (Wildman–Crippen MR) is 56.2 cm³/mol. The van der Waals surface area contributed by atoms with Gasteiger partial charge in [-0.05, 0) is 6.42 Å². The Morgan fingerprint density at radius 3 is 2.43 bits per heavy atom. The lowest BCUT2D eigenvalue weighted by Gasteiger charge is -2.18. The number of nitrogens with zero attached hydrogens (tertiary/aromatic N) is 2. The molecule has 0 atom stereocenters. The van der Waals surface area contributed by atoms with Crippen molar-refractivity contribution in [2.45, 2.75) is 33.1 Å². The highest BCUT2D eigenvalue weighted by molar-refractivity contribution is 7.89. The van der Waals surface area contributed by atoms with Gasteiger partial charge in [0.1, 0.15) is 0 Å². The van der Waals surface area contributed by atoms with Crippen LogP contribution in [0.5, 0.6) is 0 Å². The summed E-state index contributed by atoms with van der Waals surface area (Å²) in [6.07, 6.45) is 1.82. The lowest BCUT2D eigenvalue weighted by atomic mass is 10.4. The molecule has 0 aliphatic carbocycles. The van der Waals surface area contributed by atoms with Crippen LogP contribution in [0.15, 0.2) is 0 Å². The fraction of sp³-hybridized carbons (Fsp3) is 0.889. The molecule has 0 spiro atoms. The molecule has 0 heterocycles. The summed E-state index contributed by atoms with van der Waals surface area (Å²) in [7, 11) is -3.12. The molecular weight excluding hydrogens is 200 g/mol. The molecule has 82 valence electrons. The number of hydrogen-bond acceptors (Lipinski definition) is 3. The Bertz CT molecular complexity index is 280. The van der Waals surface area contributed by atoms with Gasteiger partial charge in [0.05, 0.1) is 11.8 Å². The fourth-order valence-electron chi connectivity index (χ4n) is 1.12. The van der Waals surface area contributed by atoms with Crippen LogP contribution in [0.25, 0.3) is 0 Å². The topological polar surface area (TPSA) is 61.2 Å². The quantitative estimate of drug-likeness (QED) is 0.648. The predicted octanol–water partition coefficient (Wildman–Crippen LogP) is 1.35. The first-order chi connectivity index (χ1) is 6.58. The van der Waals surface area contributed by atoms with Crippen LogP contribution in [-0.4, -0.2) is 31.6 Å². The zero-order valence-electron chi connectivity index (χ0n) is 8.86. The van der Waals surface area contributed by atoms with E-state index in [0.717, 1.165) is 6.42 Å². The lowest BCUT2D eigenvalue weighted by Crippen LogP contribution is -2.33. The van der Waals surface area contributed by atoms with Gasteiger partial charge in [0, 0.05) is 19.5 Å². The summed E-state index contributed by atoms with van der Waals surface area (Å²) in [5.74, 6) is 0.197. The average Bonchev–Trinajstić information content (AvgIpc) is 2.16. The Morgan fingerprint density at radius 2 is 2.00 bits per heavy atom. The molecule has 0 aromatic rings. The average molecular weight is 218 g/mol. The van der Waals surface area contributed by atoms with Crippen LogP contribution in [0.4, 0.5) is 0 Å². The number of unbranched alkanes of at least 4 members (excludes halogenated alkanes) is 1. The van der Waals surface area contributed by atoms with E-state index in [0.29, 0.717) is 19.5 Å². The van der Waals surface area contributed by atoms with Gasteiger partial charge in [0.25, 0.3) is 0 Å². The van der Waals surface area contributed by atoms with Gasteiger partial charge in [0.15, 0.2) is 0 Å². The van der Waals surface area contributed by atoms with Crippen molar-refractivity contribution < 1.29 is 8.42 Å². The molecule has 0 saturated carbocycles. The Hall–Kier alpha value is -0.600. The van der Waals surface area contributed by atoms with Crippen LogP contribution < -0.4 is 0 Å². The first-order valence-electron chi connectivity index (χ1n) is 4.93. The Balaban J connectivity index is 4.27. The minimum Gasteiger partial charge on any atom is -0.212 e. The fourth-order valence-corrected chi connectivity index (χ4v) is 2.80. The first-order valence-corrected chi connectivity index (χ1v) is 6.54. The van der Waals surface area contributed by atoms with Gasteiger partial charge in [-0.3, -0.25) is 0 Å². The molecular formula is C9H18N2O2S. The SMILES string of the molecule is CCCCS(=O)(=O)N(CC)CCC#N. The molecule has 0 aromatic carbocycles. The molecule has 0 bridgehead atoms. The summed E-state index contributed by atoms with van der Waals surface area (Å²) < 4.78 is 24.7. The highest BCUT2D eigenvalue weighted by Crippen LogP contribution is 2.05. The van der Waals surface area contributed by atoms with Crippen LogP contribution in [0, 0.1) is 11.3 Å². The molecule has 0 radical (unpaired) electrons. The van der Waals surface area contributed by atoms with Crippen molar-refractivity contribution >= 4 is 10.0 Å². The molecule has 0 fully saturated rings. The molecule has 14 heavy (non-hydrogen) atoms. The zero-order chi connectivity index (χ0) is 11.0. The van der Waals surface area contributed by atoms with E-state index in [2.05, 4.69) is 0 Å². The minimum absolute atomic E-state index is 0.197.